The summed E-state index contributed by atoms with van der Waals surface area (Å²) in [4.78, 5) is 14.5. The summed E-state index contributed by atoms with van der Waals surface area (Å²) in [5, 5.41) is 12.2. The zero-order valence-corrected chi connectivity index (χ0v) is 7.88. The van der Waals surface area contributed by atoms with Crippen molar-refractivity contribution in [2.75, 3.05) is 24.4 Å². The third kappa shape index (κ3) is 2.87. The van der Waals surface area contributed by atoms with Crippen LogP contribution in [0.15, 0.2) is 4.79 Å². The zero-order chi connectivity index (χ0) is 11.3. The minimum Gasteiger partial charge on any atom is -0.394 e. The van der Waals surface area contributed by atoms with Crippen molar-refractivity contribution < 1.29 is 9.84 Å². The molecule has 0 aliphatic rings. The number of aromatic nitrogens is 3. The maximum Gasteiger partial charge on any atom is 0.318 e. The van der Waals surface area contributed by atoms with Crippen LogP contribution < -0.4 is 22.6 Å². The molecule has 9 heteroatoms. The normalized spacial score (nSPS) is 10.3. The van der Waals surface area contributed by atoms with Gasteiger partial charge in [-0.05, 0) is 0 Å². The van der Waals surface area contributed by atoms with Gasteiger partial charge in [0.05, 0.1) is 13.2 Å². The van der Waals surface area contributed by atoms with Crippen LogP contribution in [-0.4, -0.2) is 33.1 Å². The van der Waals surface area contributed by atoms with E-state index in [1.54, 1.807) is 0 Å². The molecule has 0 unspecified atom stereocenters. The molecule has 0 bridgehead atoms. The smallest absolute Gasteiger partial charge is 0.318 e. The first-order valence-electron chi connectivity index (χ1n) is 4.09. The molecule has 1 heterocycles. The molecule has 84 valence electrons. The fourth-order valence-corrected chi connectivity index (χ4v) is 0.831. The number of nitrogens with one attached hydrogen (secondary N) is 1. The lowest BCUT2D eigenvalue weighted by Crippen LogP contribution is -2.27. The van der Waals surface area contributed by atoms with E-state index in [1.807, 2.05) is 0 Å². The summed E-state index contributed by atoms with van der Waals surface area (Å²) in [6.07, 6.45) is 0. The van der Waals surface area contributed by atoms with Crippen molar-refractivity contribution in [3.63, 3.8) is 0 Å². The zero-order valence-electron chi connectivity index (χ0n) is 7.88. The highest BCUT2D eigenvalue weighted by molar-refractivity contribution is 5.30. The van der Waals surface area contributed by atoms with Crippen molar-refractivity contribution in [1.82, 2.24) is 14.8 Å². The molecule has 0 aromatic carbocycles. The third-order valence-corrected chi connectivity index (χ3v) is 1.49. The van der Waals surface area contributed by atoms with E-state index in [0.717, 1.165) is 4.68 Å². The number of hydrogen-bond donors (Lipinski definition) is 4. The average Bonchev–Trinajstić information content (AvgIpc) is 2.21. The summed E-state index contributed by atoms with van der Waals surface area (Å²) in [7, 11) is 0. The van der Waals surface area contributed by atoms with E-state index in [9.17, 15) is 4.79 Å². The van der Waals surface area contributed by atoms with Gasteiger partial charge in [0, 0.05) is 0 Å². The number of aliphatic hydroxyl groups excluding tert-OH is 1. The Morgan fingerprint density at radius 1 is 1.60 bits per heavy atom. The quantitative estimate of drug-likeness (QED) is 0.240. The lowest BCUT2D eigenvalue weighted by atomic mass is 10.7. The summed E-state index contributed by atoms with van der Waals surface area (Å²) in [6, 6.07) is 0. The highest BCUT2D eigenvalue weighted by atomic mass is 16.5. The molecule has 0 aliphatic carbocycles. The van der Waals surface area contributed by atoms with Crippen LogP contribution >= 0.6 is 0 Å². The minimum atomic E-state index is -0.645. The van der Waals surface area contributed by atoms with Crippen LogP contribution in [0.2, 0.25) is 0 Å². The van der Waals surface area contributed by atoms with Gasteiger partial charge in [-0.3, -0.25) is 4.79 Å². The number of rotatable bonds is 5. The SMILES string of the molecule is NNc1nn(COCCO)c(N)nc1=O. The van der Waals surface area contributed by atoms with Crippen LogP contribution in [0.3, 0.4) is 0 Å². The number of nitrogens with zero attached hydrogens (tertiary/aromatic N) is 3. The first-order valence-corrected chi connectivity index (χ1v) is 4.09. The molecule has 0 saturated heterocycles. The van der Waals surface area contributed by atoms with E-state index in [2.05, 4.69) is 15.5 Å². The molecule has 1 aromatic heterocycles. The maximum atomic E-state index is 11.1. The Kier molecular flexibility index (Phi) is 3.97. The van der Waals surface area contributed by atoms with Crippen molar-refractivity contribution in [1.29, 1.82) is 0 Å². The first kappa shape index (κ1) is 11.4. The second-order valence-corrected chi connectivity index (χ2v) is 2.53. The van der Waals surface area contributed by atoms with Crippen molar-refractivity contribution in [2.24, 2.45) is 5.84 Å². The molecule has 1 rings (SSSR count). The standard InChI is InChI=1S/C6H12N6O3/c7-6-9-5(14)4(10-8)11-12(6)3-15-2-1-13/h13H,1-3,8H2,(H,10,11)(H2,7,9,14). The van der Waals surface area contributed by atoms with Crippen molar-refractivity contribution in [3.05, 3.63) is 10.4 Å². The lowest BCUT2D eigenvalue weighted by Gasteiger charge is -2.08. The van der Waals surface area contributed by atoms with Gasteiger partial charge in [0.25, 0.3) is 0 Å². The van der Waals surface area contributed by atoms with Gasteiger partial charge in [0.1, 0.15) is 6.73 Å². The van der Waals surface area contributed by atoms with E-state index in [4.69, 9.17) is 21.4 Å². The highest BCUT2D eigenvalue weighted by Crippen LogP contribution is 1.96. The molecule has 6 N–H and O–H groups in total. The van der Waals surface area contributed by atoms with Gasteiger partial charge in [-0.25, -0.2) is 10.5 Å². The van der Waals surface area contributed by atoms with E-state index in [-0.39, 0.29) is 31.7 Å². The Bertz CT molecular complexity index is 378. The number of nitrogens with two attached hydrogens (primary N) is 2. The molecule has 0 aliphatic heterocycles. The van der Waals surface area contributed by atoms with Gasteiger partial charge >= 0.3 is 5.56 Å². The van der Waals surface area contributed by atoms with Gasteiger partial charge in [-0.15, -0.1) is 5.10 Å². The number of nitrogen functional groups attached to an aromatic ring is 2. The maximum absolute atomic E-state index is 11.1. The Morgan fingerprint density at radius 2 is 2.33 bits per heavy atom. The predicted octanol–water partition coefficient (Wildman–Crippen LogP) is -2.53. The van der Waals surface area contributed by atoms with Crippen LogP contribution in [0.1, 0.15) is 0 Å². The van der Waals surface area contributed by atoms with Crippen molar-refractivity contribution in [3.8, 4) is 0 Å². The van der Waals surface area contributed by atoms with Crippen molar-refractivity contribution >= 4 is 11.8 Å². The fourth-order valence-electron chi connectivity index (χ4n) is 0.831. The second-order valence-electron chi connectivity index (χ2n) is 2.53. The van der Waals surface area contributed by atoms with E-state index in [0.29, 0.717) is 0 Å². The first-order chi connectivity index (χ1) is 7.19. The number of hydrazine groups is 1. The summed E-state index contributed by atoms with van der Waals surface area (Å²) in [5.74, 6) is 4.82. The molecule has 0 amide bonds. The molecule has 0 fully saturated rings. The summed E-state index contributed by atoms with van der Waals surface area (Å²) in [6.45, 7) is 0.00250. The van der Waals surface area contributed by atoms with Crippen LogP contribution in [0.25, 0.3) is 0 Å². The van der Waals surface area contributed by atoms with Crippen LogP contribution in [0, 0.1) is 0 Å². The topological polar surface area (TPSA) is 141 Å². The number of aliphatic hydroxyl groups is 1. The fraction of sp³-hybridized carbons (Fsp3) is 0.500. The van der Waals surface area contributed by atoms with Crippen LogP contribution in [0.4, 0.5) is 11.8 Å². The van der Waals surface area contributed by atoms with Gasteiger partial charge in [-0.1, -0.05) is 0 Å². The summed E-state index contributed by atoms with van der Waals surface area (Å²) >= 11 is 0. The molecular formula is C6H12N6O3. The van der Waals surface area contributed by atoms with Gasteiger partial charge in [-0.2, -0.15) is 4.98 Å². The largest absolute Gasteiger partial charge is 0.394 e. The molecule has 0 atom stereocenters. The van der Waals surface area contributed by atoms with Gasteiger partial charge in [0.15, 0.2) is 0 Å². The van der Waals surface area contributed by atoms with Crippen LogP contribution in [0.5, 0.6) is 0 Å². The van der Waals surface area contributed by atoms with Gasteiger partial charge < -0.3 is 21.0 Å². The van der Waals surface area contributed by atoms with Gasteiger partial charge in [0.2, 0.25) is 11.8 Å². The summed E-state index contributed by atoms with van der Waals surface area (Å²) in [5.41, 5.74) is 6.85. The molecule has 1 aromatic rings. The minimum absolute atomic E-state index is 0.0195. The average molecular weight is 216 g/mol. The van der Waals surface area contributed by atoms with Crippen LogP contribution in [-0.2, 0) is 11.5 Å². The van der Waals surface area contributed by atoms with Crippen molar-refractivity contribution in [2.45, 2.75) is 6.73 Å². The molecular weight excluding hydrogens is 204 g/mol. The summed E-state index contributed by atoms with van der Waals surface area (Å²) < 4.78 is 6.09. The molecule has 0 saturated carbocycles. The molecule has 15 heavy (non-hydrogen) atoms. The Labute approximate surface area is 84.6 Å². The Balaban J connectivity index is 2.83. The Hall–Kier alpha value is -1.71. The monoisotopic (exact) mass is 216 g/mol. The molecule has 0 spiro atoms. The Morgan fingerprint density at radius 3 is 2.93 bits per heavy atom. The third-order valence-electron chi connectivity index (χ3n) is 1.49. The van der Waals surface area contributed by atoms with E-state index >= 15 is 0 Å². The number of anilines is 2. The lowest BCUT2D eigenvalue weighted by molar-refractivity contribution is 0.0420. The molecule has 0 radical (unpaired) electrons. The second kappa shape index (κ2) is 5.24. The van der Waals surface area contributed by atoms with E-state index < -0.39 is 5.56 Å². The van der Waals surface area contributed by atoms with E-state index in [1.165, 1.54) is 0 Å². The predicted molar refractivity (Wildman–Crippen MR) is 51.6 cm³/mol. The number of ether oxygens (including phenoxy) is 1. The highest BCUT2D eigenvalue weighted by Gasteiger charge is 2.06. The molecule has 9 nitrogen and oxygen atoms in total. The number of hydrogen-bond acceptors (Lipinski definition) is 8.